The number of carbonyl (C=O) groups excluding carboxylic acids is 1. The number of hydrogen-bond acceptors (Lipinski definition) is 4. The van der Waals surface area contributed by atoms with E-state index in [9.17, 15) is 9.59 Å². The number of carbonyl (C=O) groups is 2. The van der Waals surface area contributed by atoms with Crippen molar-refractivity contribution in [1.29, 1.82) is 0 Å². The Morgan fingerprint density at radius 1 is 1.53 bits per heavy atom. The number of carboxylic acid groups (broad SMARTS) is 1. The van der Waals surface area contributed by atoms with Gasteiger partial charge in [-0.1, -0.05) is 20.3 Å². The fourth-order valence-electron chi connectivity index (χ4n) is 1.77. The highest BCUT2D eigenvalue weighted by atomic mass is 16.4. The van der Waals surface area contributed by atoms with E-state index in [4.69, 9.17) is 10.8 Å². The summed E-state index contributed by atoms with van der Waals surface area (Å²) in [4.78, 5) is 23.1. The van der Waals surface area contributed by atoms with Crippen molar-refractivity contribution < 1.29 is 14.7 Å². The minimum absolute atomic E-state index is 0.00722. The van der Waals surface area contributed by atoms with Crippen LogP contribution < -0.4 is 11.1 Å². The molecule has 0 aliphatic rings. The fourth-order valence-corrected chi connectivity index (χ4v) is 1.77. The van der Waals surface area contributed by atoms with E-state index in [1.807, 2.05) is 13.8 Å². The van der Waals surface area contributed by atoms with Crippen LogP contribution >= 0.6 is 0 Å². The first-order valence-electron chi connectivity index (χ1n) is 6.12. The summed E-state index contributed by atoms with van der Waals surface area (Å²) in [6.45, 7) is 5.39. The van der Waals surface area contributed by atoms with Gasteiger partial charge in [0.1, 0.15) is 11.4 Å². The van der Waals surface area contributed by atoms with E-state index in [-0.39, 0.29) is 17.3 Å². The van der Waals surface area contributed by atoms with Crippen LogP contribution in [-0.2, 0) is 11.8 Å². The lowest BCUT2D eigenvalue weighted by Gasteiger charge is -2.18. The average Bonchev–Trinajstić information content (AvgIpc) is 2.62. The minimum atomic E-state index is -1.13. The number of aromatic carboxylic acids is 1. The summed E-state index contributed by atoms with van der Waals surface area (Å²) >= 11 is 0. The summed E-state index contributed by atoms with van der Waals surface area (Å²) in [5, 5.41) is 15.7. The number of nitrogens with two attached hydrogens (primary N) is 1. The number of nitrogens with zero attached hydrogens (tertiary/aromatic N) is 2. The second-order valence-electron chi connectivity index (χ2n) is 4.64. The van der Waals surface area contributed by atoms with Crippen molar-refractivity contribution in [2.24, 2.45) is 18.7 Å². The molecule has 1 amide bonds. The van der Waals surface area contributed by atoms with Crippen molar-refractivity contribution in [3.05, 3.63) is 11.3 Å². The van der Waals surface area contributed by atoms with Crippen LogP contribution in [0.2, 0.25) is 0 Å². The van der Waals surface area contributed by atoms with Crippen molar-refractivity contribution in [2.75, 3.05) is 5.32 Å². The molecule has 0 aliphatic heterocycles. The molecule has 1 heterocycles. The maximum absolute atomic E-state index is 12.0. The van der Waals surface area contributed by atoms with Crippen LogP contribution in [0.1, 0.15) is 36.3 Å². The normalized spacial score (nSPS) is 13.9. The van der Waals surface area contributed by atoms with Crippen LogP contribution in [0.5, 0.6) is 0 Å². The van der Waals surface area contributed by atoms with E-state index in [1.54, 1.807) is 14.0 Å². The number of aryl methyl sites for hydroxylation is 2. The van der Waals surface area contributed by atoms with E-state index in [1.165, 1.54) is 4.68 Å². The Morgan fingerprint density at radius 3 is 2.58 bits per heavy atom. The molecule has 0 aliphatic carbocycles. The van der Waals surface area contributed by atoms with Gasteiger partial charge in [0.25, 0.3) is 0 Å². The molecule has 0 saturated heterocycles. The Hall–Kier alpha value is -1.89. The van der Waals surface area contributed by atoms with Crippen molar-refractivity contribution in [1.82, 2.24) is 9.78 Å². The van der Waals surface area contributed by atoms with Gasteiger partial charge in [-0.25, -0.2) is 4.79 Å². The van der Waals surface area contributed by atoms with Gasteiger partial charge in [-0.2, -0.15) is 5.10 Å². The zero-order chi connectivity index (χ0) is 14.7. The first kappa shape index (κ1) is 15.2. The van der Waals surface area contributed by atoms with E-state index in [0.717, 1.165) is 6.42 Å². The monoisotopic (exact) mass is 268 g/mol. The fraction of sp³-hybridized carbons (Fsp3) is 0.583. The summed E-state index contributed by atoms with van der Waals surface area (Å²) < 4.78 is 1.33. The molecule has 0 saturated carbocycles. The van der Waals surface area contributed by atoms with Crippen LogP contribution in [0.3, 0.4) is 0 Å². The Kier molecular flexibility index (Phi) is 4.66. The molecule has 4 N–H and O–H groups in total. The van der Waals surface area contributed by atoms with Crippen molar-refractivity contribution in [3.63, 3.8) is 0 Å². The molecule has 1 aromatic heterocycles. The van der Waals surface area contributed by atoms with Crippen LogP contribution in [0, 0.1) is 12.8 Å². The molecule has 1 unspecified atom stereocenters. The zero-order valence-corrected chi connectivity index (χ0v) is 11.6. The van der Waals surface area contributed by atoms with E-state index in [0.29, 0.717) is 5.69 Å². The van der Waals surface area contributed by atoms with Gasteiger partial charge in [0.05, 0.1) is 11.7 Å². The number of anilines is 1. The van der Waals surface area contributed by atoms with Crippen LogP contribution in [-0.4, -0.2) is 32.8 Å². The first-order chi connectivity index (χ1) is 8.79. The number of carboxylic acids is 1. The Bertz CT molecular complexity index is 495. The predicted molar refractivity (Wildman–Crippen MR) is 71.0 cm³/mol. The molecule has 1 aromatic rings. The van der Waals surface area contributed by atoms with E-state index < -0.39 is 17.9 Å². The summed E-state index contributed by atoms with van der Waals surface area (Å²) in [7, 11) is 1.57. The Labute approximate surface area is 111 Å². The maximum atomic E-state index is 12.0. The molecule has 7 heteroatoms. The van der Waals surface area contributed by atoms with Gasteiger partial charge in [-0.05, 0) is 12.8 Å². The van der Waals surface area contributed by atoms with Gasteiger partial charge >= 0.3 is 5.97 Å². The molecular formula is C12H20N4O3. The molecule has 0 spiro atoms. The van der Waals surface area contributed by atoms with Crippen LogP contribution in [0.25, 0.3) is 0 Å². The summed E-state index contributed by atoms with van der Waals surface area (Å²) in [5.74, 6) is -1.35. The molecule has 106 valence electrons. The van der Waals surface area contributed by atoms with Crippen molar-refractivity contribution >= 4 is 17.7 Å². The molecule has 0 radical (unpaired) electrons. The highest BCUT2D eigenvalue weighted by Crippen LogP contribution is 2.19. The largest absolute Gasteiger partial charge is 0.477 e. The third-order valence-corrected chi connectivity index (χ3v) is 3.24. The molecule has 7 nitrogen and oxygen atoms in total. The van der Waals surface area contributed by atoms with Gasteiger partial charge in [0.2, 0.25) is 5.91 Å². The molecule has 19 heavy (non-hydrogen) atoms. The minimum Gasteiger partial charge on any atom is -0.477 e. The predicted octanol–water partition coefficient (Wildman–Crippen LogP) is 0.739. The SMILES string of the molecule is CCC(C)[C@H](N)C(=O)Nc1c(C(=O)O)c(C)nn1C. The third kappa shape index (κ3) is 3.11. The molecule has 0 aromatic carbocycles. The molecule has 0 bridgehead atoms. The quantitative estimate of drug-likeness (QED) is 0.729. The second kappa shape index (κ2) is 5.83. The lowest BCUT2D eigenvalue weighted by atomic mass is 9.99. The smallest absolute Gasteiger partial charge is 0.341 e. The topological polar surface area (TPSA) is 110 Å². The van der Waals surface area contributed by atoms with E-state index in [2.05, 4.69) is 10.4 Å². The molecule has 1 rings (SSSR count). The maximum Gasteiger partial charge on any atom is 0.341 e. The average molecular weight is 268 g/mol. The lowest BCUT2D eigenvalue weighted by molar-refractivity contribution is -0.118. The highest BCUT2D eigenvalue weighted by Gasteiger charge is 2.25. The van der Waals surface area contributed by atoms with Gasteiger partial charge in [-0.3, -0.25) is 9.48 Å². The zero-order valence-electron chi connectivity index (χ0n) is 11.6. The molecule has 0 fully saturated rings. The Balaban J connectivity index is 3.00. The van der Waals surface area contributed by atoms with Crippen molar-refractivity contribution in [3.8, 4) is 0 Å². The van der Waals surface area contributed by atoms with Gasteiger partial charge < -0.3 is 16.2 Å². The number of nitrogens with one attached hydrogen (secondary N) is 1. The van der Waals surface area contributed by atoms with Crippen LogP contribution in [0.4, 0.5) is 5.82 Å². The first-order valence-corrected chi connectivity index (χ1v) is 6.12. The molecular weight excluding hydrogens is 248 g/mol. The van der Waals surface area contributed by atoms with Gasteiger partial charge in [0, 0.05) is 7.05 Å². The van der Waals surface area contributed by atoms with Gasteiger partial charge in [-0.15, -0.1) is 0 Å². The molecule has 2 atom stereocenters. The standard InChI is InChI=1S/C12H20N4O3/c1-5-6(2)9(13)11(17)14-10-8(12(18)19)7(3)15-16(10)4/h6,9H,5,13H2,1-4H3,(H,14,17)(H,18,19)/t6?,9-/m0/s1. The third-order valence-electron chi connectivity index (χ3n) is 3.24. The Morgan fingerprint density at radius 2 is 2.11 bits per heavy atom. The lowest BCUT2D eigenvalue weighted by Crippen LogP contribution is -2.41. The van der Waals surface area contributed by atoms with E-state index >= 15 is 0 Å². The summed E-state index contributed by atoms with van der Waals surface area (Å²) in [5.41, 5.74) is 6.16. The summed E-state index contributed by atoms with van der Waals surface area (Å²) in [6.07, 6.45) is 0.769. The van der Waals surface area contributed by atoms with Crippen molar-refractivity contribution in [2.45, 2.75) is 33.2 Å². The number of amides is 1. The summed E-state index contributed by atoms with van der Waals surface area (Å²) in [6, 6.07) is -0.679. The highest BCUT2D eigenvalue weighted by molar-refractivity contribution is 6.01. The van der Waals surface area contributed by atoms with Crippen LogP contribution in [0.15, 0.2) is 0 Å². The number of rotatable bonds is 5. The number of aromatic nitrogens is 2. The van der Waals surface area contributed by atoms with Gasteiger partial charge in [0.15, 0.2) is 0 Å². The number of hydrogen-bond donors (Lipinski definition) is 3. The second-order valence-corrected chi connectivity index (χ2v) is 4.64.